The fourth-order valence-electron chi connectivity index (χ4n) is 1.54. The van der Waals surface area contributed by atoms with Gasteiger partial charge in [0.25, 0.3) is 6.23 Å². The van der Waals surface area contributed by atoms with E-state index in [2.05, 4.69) is 15.7 Å². The third-order valence-corrected chi connectivity index (χ3v) is 2.44. The number of amides is 1. The van der Waals surface area contributed by atoms with Crippen LogP contribution in [0.2, 0.25) is 0 Å². The summed E-state index contributed by atoms with van der Waals surface area (Å²) >= 11 is 0. The third-order valence-electron chi connectivity index (χ3n) is 2.44. The van der Waals surface area contributed by atoms with Gasteiger partial charge in [-0.1, -0.05) is 0 Å². The largest absolute Gasteiger partial charge is 0.692 e. The Kier molecular flexibility index (Phi) is 3.34. The molecule has 0 spiro atoms. The van der Waals surface area contributed by atoms with Crippen LogP contribution in [0, 0.1) is 5.21 Å². The van der Waals surface area contributed by atoms with E-state index in [0.29, 0.717) is 11.3 Å². The van der Waals surface area contributed by atoms with Crippen molar-refractivity contribution in [3.63, 3.8) is 0 Å². The molecule has 0 saturated carbocycles. The van der Waals surface area contributed by atoms with Crippen molar-refractivity contribution in [3.8, 4) is 0 Å². The summed E-state index contributed by atoms with van der Waals surface area (Å²) in [6, 6.07) is 6.62. The molecule has 1 atom stereocenters. The molecule has 0 radical (unpaired) electrons. The van der Waals surface area contributed by atoms with E-state index in [0.717, 1.165) is 0 Å². The highest BCUT2D eigenvalue weighted by atomic mass is 16.5. The number of aliphatic hydroxyl groups is 1. The van der Waals surface area contributed by atoms with E-state index < -0.39 is 6.23 Å². The van der Waals surface area contributed by atoms with E-state index in [1.165, 1.54) is 6.92 Å². The molecule has 1 amide bonds. The van der Waals surface area contributed by atoms with Gasteiger partial charge >= 0.3 is 5.84 Å². The number of carbonyl (C=O) groups is 1. The van der Waals surface area contributed by atoms with Crippen molar-refractivity contribution in [2.24, 2.45) is 10.7 Å². The highest BCUT2D eigenvalue weighted by molar-refractivity contribution is 6.01. The lowest BCUT2D eigenvalue weighted by atomic mass is 10.2. The molecule has 1 unspecified atom stereocenters. The van der Waals surface area contributed by atoms with Gasteiger partial charge in [-0.3, -0.25) is 10.5 Å². The fourth-order valence-corrected chi connectivity index (χ4v) is 1.54. The summed E-state index contributed by atoms with van der Waals surface area (Å²) in [4.78, 5) is 15.0. The molecule has 0 saturated heterocycles. The van der Waals surface area contributed by atoms with Crippen LogP contribution in [0.25, 0.3) is 0 Å². The second kappa shape index (κ2) is 4.94. The summed E-state index contributed by atoms with van der Waals surface area (Å²) in [5.41, 5.74) is 8.90. The van der Waals surface area contributed by atoms with Crippen LogP contribution in [0.5, 0.6) is 0 Å². The Morgan fingerprint density at radius 2 is 2.16 bits per heavy atom. The molecule has 1 aliphatic rings. The number of rotatable bonds is 2. The normalized spacial score (nSPS) is 18.6. The smallest absolute Gasteiger partial charge is 0.322 e. The van der Waals surface area contributed by atoms with Gasteiger partial charge in [0.05, 0.1) is 0 Å². The van der Waals surface area contributed by atoms with Gasteiger partial charge in [0.15, 0.2) is 5.84 Å². The van der Waals surface area contributed by atoms with E-state index in [1.807, 2.05) is 0 Å². The summed E-state index contributed by atoms with van der Waals surface area (Å²) in [7, 11) is 0. The van der Waals surface area contributed by atoms with Crippen LogP contribution in [0.1, 0.15) is 12.5 Å². The van der Waals surface area contributed by atoms with E-state index in [1.54, 1.807) is 24.3 Å². The first-order chi connectivity index (χ1) is 8.97. The molecule has 1 aliphatic heterocycles. The molecule has 19 heavy (non-hydrogen) atoms. The Balaban J connectivity index is 2.20. The predicted molar refractivity (Wildman–Crippen MR) is 69.2 cm³/mol. The lowest BCUT2D eigenvalue weighted by Gasteiger charge is -2.21. The quantitative estimate of drug-likeness (QED) is 0.406. The van der Waals surface area contributed by atoms with Gasteiger partial charge < -0.3 is 15.6 Å². The number of hydrazone groups is 1. The van der Waals surface area contributed by atoms with Crippen molar-refractivity contribution >= 4 is 23.3 Å². The molecule has 0 aliphatic carbocycles. The molecule has 0 aromatic heterocycles. The molecule has 1 aromatic carbocycles. The van der Waals surface area contributed by atoms with Crippen LogP contribution in [0.4, 0.5) is 5.69 Å². The lowest BCUT2D eigenvalue weighted by Crippen LogP contribution is -2.48. The van der Waals surface area contributed by atoms with E-state index in [-0.39, 0.29) is 22.4 Å². The number of carbonyl (C=O) groups excluding carboxylic acids is 1. The second-order valence-corrected chi connectivity index (χ2v) is 3.94. The highest BCUT2D eigenvalue weighted by Crippen LogP contribution is 2.11. The molecule has 0 bridgehead atoms. The van der Waals surface area contributed by atoms with Crippen molar-refractivity contribution in [2.75, 3.05) is 5.32 Å². The molecule has 0 fully saturated rings. The van der Waals surface area contributed by atoms with Crippen molar-refractivity contribution in [3.05, 3.63) is 35.0 Å². The Morgan fingerprint density at radius 1 is 1.53 bits per heavy atom. The molecule has 8 heteroatoms. The Morgan fingerprint density at radius 3 is 2.68 bits per heavy atom. The maximum atomic E-state index is 11.3. The van der Waals surface area contributed by atoms with Crippen molar-refractivity contribution < 1.29 is 14.7 Å². The Hall–Kier alpha value is -2.61. The standard InChI is InChI=1S/C11H13N5O3/c1-6(17)13-8-4-2-7(3-5-8)10-14-11(18)9(12)16(19)15-10/h2-5,11,18H,12H2,1H3,(H,13,17)(H,14,15). The van der Waals surface area contributed by atoms with Gasteiger partial charge in [-0.2, -0.15) is 4.85 Å². The maximum absolute atomic E-state index is 11.3. The first-order valence-electron chi connectivity index (χ1n) is 5.47. The van der Waals surface area contributed by atoms with E-state index >= 15 is 0 Å². The van der Waals surface area contributed by atoms with Crippen LogP contribution in [0.15, 0.2) is 29.3 Å². The number of aliphatic imine (C=N–C) groups is 1. The van der Waals surface area contributed by atoms with Gasteiger partial charge in [0.1, 0.15) is 0 Å². The summed E-state index contributed by atoms with van der Waals surface area (Å²) in [6.45, 7) is 1.41. The number of nitrogens with one attached hydrogen (secondary N) is 2. The van der Waals surface area contributed by atoms with Crippen LogP contribution < -0.4 is 16.5 Å². The molecule has 5 N–H and O–H groups in total. The predicted octanol–water partition coefficient (Wildman–Crippen LogP) is -0.904. The number of hydrazine groups is 1. The number of benzene rings is 1. The average molecular weight is 263 g/mol. The van der Waals surface area contributed by atoms with Gasteiger partial charge in [-0.05, 0) is 24.3 Å². The van der Waals surface area contributed by atoms with E-state index in [9.17, 15) is 15.1 Å². The summed E-state index contributed by atoms with van der Waals surface area (Å²) in [5.74, 6) is -0.297. The average Bonchev–Trinajstić information content (AvgIpc) is 2.35. The zero-order valence-electron chi connectivity index (χ0n) is 10.1. The Bertz CT molecular complexity index is 564. The van der Waals surface area contributed by atoms with Crippen molar-refractivity contribution in [2.45, 2.75) is 13.2 Å². The second-order valence-electron chi connectivity index (χ2n) is 3.94. The first-order valence-corrected chi connectivity index (χ1v) is 5.47. The topological polar surface area (TPSA) is 126 Å². The summed E-state index contributed by atoms with van der Waals surface area (Å²) in [5, 5.41) is 23.4. The Labute approximate surface area is 108 Å². The number of hydrogen-bond donors (Lipinski definition) is 4. The minimum absolute atomic E-state index is 0.176. The van der Waals surface area contributed by atoms with Crippen molar-refractivity contribution in [1.29, 1.82) is 0 Å². The molecular weight excluding hydrogens is 250 g/mol. The molecule has 1 aromatic rings. The lowest BCUT2D eigenvalue weighted by molar-refractivity contribution is -0.509. The minimum atomic E-state index is -1.37. The minimum Gasteiger partial charge on any atom is -0.692 e. The fraction of sp³-hybridized carbons (Fsp3) is 0.182. The first kappa shape index (κ1) is 12.8. The summed E-state index contributed by atoms with van der Waals surface area (Å²) in [6.07, 6.45) is -1.37. The van der Waals surface area contributed by atoms with Crippen molar-refractivity contribution in [1.82, 2.24) is 5.43 Å². The van der Waals surface area contributed by atoms with Crippen LogP contribution in [0.3, 0.4) is 0 Å². The zero-order valence-corrected chi connectivity index (χ0v) is 10.1. The van der Waals surface area contributed by atoms with Gasteiger partial charge in [-0.25, -0.2) is 10.4 Å². The molecule has 100 valence electrons. The van der Waals surface area contributed by atoms with E-state index in [4.69, 9.17) is 5.73 Å². The van der Waals surface area contributed by atoms with Gasteiger partial charge in [-0.15, -0.1) is 0 Å². The highest BCUT2D eigenvalue weighted by Gasteiger charge is 2.22. The zero-order chi connectivity index (χ0) is 14.0. The number of aliphatic hydroxyl groups excluding tert-OH is 1. The number of nitrogens with zero attached hydrogens (tertiary/aromatic N) is 2. The number of amidine groups is 2. The molecule has 2 rings (SSSR count). The third kappa shape index (κ3) is 2.80. The van der Waals surface area contributed by atoms with Crippen LogP contribution in [-0.2, 0) is 4.79 Å². The molecular formula is C11H13N5O3. The number of hydrogen-bond acceptors (Lipinski definition) is 6. The number of nitrogens with two attached hydrogens (primary N) is 1. The van der Waals surface area contributed by atoms with Crippen LogP contribution >= 0.6 is 0 Å². The van der Waals surface area contributed by atoms with Gasteiger partial charge in [0.2, 0.25) is 5.91 Å². The monoisotopic (exact) mass is 263 g/mol. The SMILES string of the molecule is CC(=O)Nc1ccc(C2=NC(O)C(N)=[N+]([O-])N2)cc1. The van der Waals surface area contributed by atoms with Gasteiger partial charge in [0, 0.05) is 18.2 Å². The molecule has 8 nitrogen and oxygen atoms in total. The maximum Gasteiger partial charge on any atom is 0.322 e. The molecule has 1 heterocycles. The number of anilines is 1. The van der Waals surface area contributed by atoms with Crippen LogP contribution in [-0.4, -0.2) is 33.8 Å². The summed E-state index contributed by atoms with van der Waals surface area (Å²) < 4.78 is 0.